The zero-order valence-corrected chi connectivity index (χ0v) is 17.6. The van der Waals surface area contributed by atoms with E-state index < -0.39 is 0 Å². The molecule has 1 aliphatic rings. The van der Waals surface area contributed by atoms with Crippen LogP contribution in [0.1, 0.15) is 49.3 Å². The first-order valence-electron chi connectivity index (χ1n) is 10.4. The highest BCUT2D eigenvalue weighted by molar-refractivity contribution is 5.88. The van der Waals surface area contributed by atoms with Crippen molar-refractivity contribution in [1.82, 2.24) is 9.80 Å². The Kier molecular flexibility index (Phi) is 6.42. The number of hydrogen-bond donors (Lipinski definition) is 0. The number of aryl methyl sites for hydroxylation is 2. The predicted molar refractivity (Wildman–Crippen MR) is 111 cm³/mol. The SMILES string of the molecule is CCCCN(C)C(=O)C1CCN(C(=O)Cc2coc3cc(C)c(C)cc23)CC1. The van der Waals surface area contributed by atoms with Crippen LogP contribution in [-0.2, 0) is 16.0 Å². The summed E-state index contributed by atoms with van der Waals surface area (Å²) in [5, 5.41) is 1.03. The number of amides is 2. The van der Waals surface area contributed by atoms with Crippen LogP contribution in [0.2, 0.25) is 0 Å². The minimum Gasteiger partial charge on any atom is -0.464 e. The lowest BCUT2D eigenvalue weighted by molar-refractivity contribution is -0.139. The van der Waals surface area contributed by atoms with E-state index in [0.29, 0.717) is 19.5 Å². The minimum atomic E-state index is 0.0475. The van der Waals surface area contributed by atoms with Crippen LogP contribution in [0.25, 0.3) is 11.0 Å². The Hall–Kier alpha value is -2.30. The van der Waals surface area contributed by atoms with Gasteiger partial charge in [-0.05, 0) is 56.4 Å². The standard InChI is InChI=1S/C23H32N2O3/c1-5-6-9-24(4)23(27)18-7-10-25(11-8-18)22(26)14-19-15-28-21-13-17(3)16(2)12-20(19)21/h12-13,15,18H,5-11,14H2,1-4H3. The average Bonchev–Trinajstić information content (AvgIpc) is 3.07. The van der Waals surface area contributed by atoms with Gasteiger partial charge in [0.05, 0.1) is 12.7 Å². The van der Waals surface area contributed by atoms with Crippen molar-refractivity contribution in [3.05, 3.63) is 35.1 Å². The summed E-state index contributed by atoms with van der Waals surface area (Å²) in [7, 11) is 1.89. The van der Waals surface area contributed by atoms with Crippen LogP contribution in [-0.4, -0.2) is 48.3 Å². The fourth-order valence-corrected chi connectivity index (χ4v) is 3.94. The first-order valence-corrected chi connectivity index (χ1v) is 10.4. The fraction of sp³-hybridized carbons (Fsp3) is 0.565. The Morgan fingerprint density at radius 2 is 1.86 bits per heavy atom. The Labute approximate surface area is 167 Å². The fourth-order valence-electron chi connectivity index (χ4n) is 3.94. The van der Waals surface area contributed by atoms with Crippen molar-refractivity contribution in [2.75, 3.05) is 26.7 Å². The van der Waals surface area contributed by atoms with Crippen molar-refractivity contribution < 1.29 is 14.0 Å². The molecule has 1 saturated heterocycles. The summed E-state index contributed by atoms with van der Waals surface area (Å²) in [4.78, 5) is 29.1. The molecule has 0 spiro atoms. The van der Waals surface area contributed by atoms with Crippen molar-refractivity contribution in [2.24, 2.45) is 5.92 Å². The second-order valence-corrected chi connectivity index (χ2v) is 8.14. The average molecular weight is 385 g/mol. The number of nitrogens with zero attached hydrogens (tertiary/aromatic N) is 2. The minimum absolute atomic E-state index is 0.0475. The van der Waals surface area contributed by atoms with Crippen LogP contribution in [0.4, 0.5) is 0 Å². The Bertz CT molecular complexity index is 847. The zero-order chi connectivity index (χ0) is 20.3. The van der Waals surface area contributed by atoms with Gasteiger partial charge in [0.1, 0.15) is 5.58 Å². The normalized spacial score (nSPS) is 15.2. The molecule has 2 amide bonds. The van der Waals surface area contributed by atoms with E-state index >= 15 is 0 Å². The molecule has 3 rings (SSSR count). The van der Waals surface area contributed by atoms with Gasteiger partial charge in [-0.1, -0.05) is 13.3 Å². The van der Waals surface area contributed by atoms with Gasteiger partial charge in [-0.25, -0.2) is 0 Å². The molecule has 2 heterocycles. The summed E-state index contributed by atoms with van der Waals surface area (Å²) in [5.41, 5.74) is 4.18. The molecule has 0 bridgehead atoms. The third-order valence-electron chi connectivity index (χ3n) is 6.03. The lowest BCUT2D eigenvalue weighted by Crippen LogP contribution is -2.44. The molecule has 2 aromatic rings. The third-order valence-corrected chi connectivity index (χ3v) is 6.03. The van der Waals surface area contributed by atoms with Gasteiger partial charge in [-0.3, -0.25) is 9.59 Å². The summed E-state index contributed by atoms with van der Waals surface area (Å²) in [6.45, 7) is 8.41. The van der Waals surface area contributed by atoms with Crippen LogP contribution in [0.15, 0.2) is 22.8 Å². The van der Waals surface area contributed by atoms with Crippen molar-refractivity contribution >= 4 is 22.8 Å². The number of likely N-dealkylation sites (tertiary alicyclic amines) is 1. The Balaban J connectivity index is 1.57. The Morgan fingerprint density at radius 1 is 1.18 bits per heavy atom. The molecule has 1 aromatic carbocycles. The number of piperidine rings is 1. The maximum Gasteiger partial charge on any atom is 0.227 e. The van der Waals surface area contributed by atoms with Crippen LogP contribution in [0.3, 0.4) is 0 Å². The molecule has 0 radical (unpaired) electrons. The molecule has 1 aliphatic heterocycles. The summed E-state index contributed by atoms with van der Waals surface area (Å²) in [6.07, 6.45) is 5.70. The van der Waals surface area contributed by atoms with Gasteiger partial charge in [-0.2, -0.15) is 0 Å². The second-order valence-electron chi connectivity index (χ2n) is 8.14. The smallest absolute Gasteiger partial charge is 0.227 e. The van der Waals surface area contributed by atoms with Gasteiger partial charge in [0, 0.05) is 43.5 Å². The summed E-state index contributed by atoms with van der Waals surface area (Å²) >= 11 is 0. The molecule has 5 heteroatoms. The molecule has 0 N–H and O–H groups in total. The van der Waals surface area contributed by atoms with Gasteiger partial charge >= 0.3 is 0 Å². The summed E-state index contributed by atoms with van der Waals surface area (Å²) in [6, 6.07) is 4.14. The Morgan fingerprint density at radius 3 is 2.54 bits per heavy atom. The molecule has 0 unspecified atom stereocenters. The van der Waals surface area contributed by atoms with E-state index in [1.807, 2.05) is 22.9 Å². The maximum absolute atomic E-state index is 12.8. The van der Waals surface area contributed by atoms with Crippen molar-refractivity contribution in [3.8, 4) is 0 Å². The van der Waals surface area contributed by atoms with E-state index in [9.17, 15) is 9.59 Å². The van der Waals surface area contributed by atoms with Crippen LogP contribution in [0.5, 0.6) is 0 Å². The summed E-state index contributed by atoms with van der Waals surface area (Å²) < 4.78 is 5.66. The molecule has 0 atom stereocenters. The van der Waals surface area contributed by atoms with Crippen molar-refractivity contribution in [1.29, 1.82) is 0 Å². The van der Waals surface area contributed by atoms with Crippen LogP contribution in [0, 0.1) is 19.8 Å². The van der Waals surface area contributed by atoms with Gasteiger partial charge in [0.25, 0.3) is 0 Å². The highest BCUT2D eigenvalue weighted by Gasteiger charge is 2.29. The molecule has 0 saturated carbocycles. The number of rotatable bonds is 6. The van der Waals surface area contributed by atoms with E-state index in [1.165, 1.54) is 11.1 Å². The van der Waals surface area contributed by atoms with E-state index in [2.05, 4.69) is 26.8 Å². The molecular weight excluding hydrogens is 352 g/mol. The number of furan rings is 1. The molecule has 28 heavy (non-hydrogen) atoms. The van der Waals surface area contributed by atoms with Gasteiger partial charge in [0.15, 0.2) is 0 Å². The highest BCUT2D eigenvalue weighted by Crippen LogP contribution is 2.26. The van der Waals surface area contributed by atoms with Crippen molar-refractivity contribution in [3.63, 3.8) is 0 Å². The van der Waals surface area contributed by atoms with Gasteiger partial charge in [-0.15, -0.1) is 0 Å². The zero-order valence-electron chi connectivity index (χ0n) is 17.6. The number of carbonyl (C=O) groups is 2. The lowest BCUT2D eigenvalue weighted by atomic mass is 9.94. The lowest BCUT2D eigenvalue weighted by Gasteiger charge is -2.33. The largest absolute Gasteiger partial charge is 0.464 e. The number of fused-ring (bicyclic) bond motifs is 1. The number of carbonyl (C=O) groups excluding carboxylic acids is 2. The number of benzene rings is 1. The topological polar surface area (TPSA) is 53.8 Å². The van der Waals surface area contributed by atoms with Crippen LogP contribution < -0.4 is 0 Å². The van der Waals surface area contributed by atoms with E-state index in [0.717, 1.165) is 48.8 Å². The van der Waals surface area contributed by atoms with E-state index in [4.69, 9.17) is 4.42 Å². The van der Waals surface area contributed by atoms with Gasteiger partial charge in [0.2, 0.25) is 11.8 Å². The second kappa shape index (κ2) is 8.80. The van der Waals surface area contributed by atoms with Crippen molar-refractivity contribution in [2.45, 2.75) is 52.9 Å². The quantitative estimate of drug-likeness (QED) is 0.754. The van der Waals surface area contributed by atoms with E-state index in [1.54, 1.807) is 6.26 Å². The molecule has 5 nitrogen and oxygen atoms in total. The molecule has 152 valence electrons. The maximum atomic E-state index is 12.8. The highest BCUT2D eigenvalue weighted by atomic mass is 16.3. The number of hydrogen-bond acceptors (Lipinski definition) is 3. The molecule has 1 aromatic heterocycles. The number of unbranched alkanes of at least 4 members (excludes halogenated alkanes) is 1. The van der Waals surface area contributed by atoms with E-state index in [-0.39, 0.29) is 17.7 Å². The first-order chi connectivity index (χ1) is 13.4. The summed E-state index contributed by atoms with van der Waals surface area (Å²) in [5.74, 6) is 0.393. The molecule has 0 aliphatic carbocycles. The predicted octanol–water partition coefficient (Wildman–Crippen LogP) is 4.09. The van der Waals surface area contributed by atoms with Gasteiger partial charge < -0.3 is 14.2 Å². The monoisotopic (exact) mass is 384 g/mol. The first kappa shape index (κ1) is 20.4. The molecule has 1 fully saturated rings. The third kappa shape index (κ3) is 4.40. The molecular formula is C23H32N2O3. The van der Waals surface area contributed by atoms with Crippen LogP contribution >= 0.6 is 0 Å².